The Kier molecular flexibility index (Phi) is 3.78. The van der Waals surface area contributed by atoms with Gasteiger partial charge in [0.05, 0.1) is 18.5 Å². The second-order valence-electron chi connectivity index (χ2n) is 5.51. The van der Waals surface area contributed by atoms with Crippen molar-refractivity contribution in [1.82, 2.24) is 14.7 Å². The van der Waals surface area contributed by atoms with Gasteiger partial charge in [-0.05, 0) is 48.5 Å². The van der Waals surface area contributed by atoms with E-state index in [9.17, 15) is 9.18 Å². The van der Waals surface area contributed by atoms with Gasteiger partial charge in [0.15, 0.2) is 5.69 Å². The molecule has 1 aromatic carbocycles. The number of amides is 1. The summed E-state index contributed by atoms with van der Waals surface area (Å²) in [6.45, 7) is 0.266. The molecule has 0 atom stereocenters. The number of carbonyl (C=O) groups excluding carboxylic acids is 1. The first kappa shape index (κ1) is 15.1. The minimum atomic E-state index is -0.332. The van der Waals surface area contributed by atoms with Crippen LogP contribution in [0.3, 0.4) is 0 Å². The summed E-state index contributed by atoms with van der Waals surface area (Å²) < 4.78 is 20.3. The van der Waals surface area contributed by atoms with Crippen molar-refractivity contribution in [3.05, 3.63) is 84.3 Å². The molecule has 3 heterocycles. The SMILES string of the molecule is O=C(NCc1ccco1)c1nc2ccccn2c1-c1ccc(F)cc1. The summed E-state index contributed by atoms with van der Waals surface area (Å²) >= 11 is 0. The molecule has 0 aliphatic heterocycles. The summed E-state index contributed by atoms with van der Waals surface area (Å²) in [5.41, 5.74) is 2.25. The second kappa shape index (κ2) is 6.24. The standard InChI is InChI=1S/C19H14FN3O2/c20-14-8-6-13(7-9-14)18-17(22-16-5-1-2-10-23(16)18)19(24)21-12-15-4-3-11-25-15/h1-11H,12H2,(H,21,24). The van der Waals surface area contributed by atoms with Crippen LogP contribution in [0.25, 0.3) is 16.9 Å². The summed E-state index contributed by atoms with van der Waals surface area (Å²) in [5, 5.41) is 2.80. The first-order valence-electron chi connectivity index (χ1n) is 7.76. The lowest BCUT2D eigenvalue weighted by molar-refractivity contribution is 0.0944. The lowest BCUT2D eigenvalue weighted by atomic mass is 10.1. The number of hydrogen-bond acceptors (Lipinski definition) is 3. The maximum Gasteiger partial charge on any atom is 0.272 e. The van der Waals surface area contributed by atoms with Gasteiger partial charge in [-0.2, -0.15) is 0 Å². The van der Waals surface area contributed by atoms with Crippen LogP contribution in [-0.4, -0.2) is 15.3 Å². The summed E-state index contributed by atoms with van der Waals surface area (Å²) in [5.74, 6) is 0.00117. The largest absolute Gasteiger partial charge is 0.467 e. The number of rotatable bonds is 4. The van der Waals surface area contributed by atoms with Crippen molar-refractivity contribution in [1.29, 1.82) is 0 Å². The van der Waals surface area contributed by atoms with Crippen molar-refractivity contribution in [3.63, 3.8) is 0 Å². The smallest absolute Gasteiger partial charge is 0.272 e. The number of hydrogen-bond donors (Lipinski definition) is 1. The molecule has 0 aliphatic rings. The molecular formula is C19H14FN3O2. The average molecular weight is 335 g/mol. The van der Waals surface area contributed by atoms with E-state index in [4.69, 9.17) is 4.42 Å². The van der Waals surface area contributed by atoms with Gasteiger partial charge < -0.3 is 9.73 Å². The van der Waals surface area contributed by atoms with Crippen LogP contribution >= 0.6 is 0 Å². The van der Waals surface area contributed by atoms with Crippen LogP contribution in [0.2, 0.25) is 0 Å². The molecule has 6 heteroatoms. The quantitative estimate of drug-likeness (QED) is 0.619. The number of furan rings is 1. The van der Waals surface area contributed by atoms with Crippen LogP contribution in [0.15, 0.2) is 71.5 Å². The maximum atomic E-state index is 13.3. The molecule has 0 saturated heterocycles. The molecular weight excluding hydrogens is 321 g/mol. The lowest BCUT2D eigenvalue weighted by Gasteiger charge is -2.06. The Hall–Kier alpha value is -3.41. The summed E-state index contributed by atoms with van der Waals surface area (Å²) in [6.07, 6.45) is 3.38. The number of imidazole rings is 1. The van der Waals surface area contributed by atoms with Gasteiger partial charge in [0.2, 0.25) is 0 Å². The molecule has 25 heavy (non-hydrogen) atoms. The van der Waals surface area contributed by atoms with E-state index in [1.807, 2.05) is 28.8 Å². The number of pyridine rings is 1. The second-order valence-corrected chi connectivity index (χ2v) is 5.51. The predicted octanol–water partition coefficient (Wildman–Crippen LogP) is 3.66. The summed E-state index contributed by atoms with van der Waals surface area (Å²) in [4.78, 5) is 17.1. The Morgan fingerprint density at radius 3 is 2.72 bits per heavy atom. The van der Waals surface area contributed by atoms with Crippen molar-refractivity contribution in [2.75, 3.05) is 0 Å². The monoisotopic (exact) mass is 335 g/mol. The van der Waals surface area contributed by atoms with Crippen LogP contribution in [0.1, 0.15) is 16.2 Å². The number of nitrogens with one attached hydrogen (secondary N) is 1. The topological polar surface area (TPSA) is 59.5 Å². The fraction of sp³-hybridized carbons (Fsp3) is 0.0526. The highest BCUT2D eigenvalue weighted by Gasteiger charge is 2.20. The summed E-state index contributed by atoms with van der Waals surface area (Å²) in [7, 11) is 0. The Labute approximate surface area is 142 Å². The van der Waals surface area contributed by atoms with Crippen LogP contribution in [-0.2, 0) is 6.54 Å². The minimum Gasteiger partial charge on any atom is -0.467 e. The number of nitrogens with zero attached hydrogens (tertiary/aromatic N) is 2. The molecule has 0 bridgehead atoms. The zero-order chi connectivity index (χ0) is 17.2. The summed E-state index contributed by atoms with van der Waals surface area (Å²) in [6, 6.07) is 15.1. The number of aromatic nitrogens is 2. The van der Waals surface area contributed by atoms with Gasteiger partial charge in [-0.15, -0.1) is 0 Å². The molecule has 3 aromatic heterocycles. The molecule has 0 aliphatic carbocycles. The highest BCUT2D eigenvalue weighted by molar-refractivity contribution is 5.99. The molecule has 0 saturated carbocycles. The zero-order valence-electron chi connectivity index (χ0n) is 13.1. The van der Waals surface area contributed by atoms with Gasteiger partial charge in [0, 0.05) is 11.8 Å². The van der Waals surface area contributed by atoms with E-state index in [0.29, 0.717) is 22.7 Å². The van der Waals surface area contributed by atoms with Crippen molar-refractivity contribution in [2.24, 2.45) is 0 Å². The Morgan fingerprint density at radius 1 is 1.12 bits per heavy atom. The van der Waals surface area contributed by atoms with Crippen molar-refractivity contribution in [2.45, 2.75) is 6.54 Å². The molecule has 5 nitrogen and oxygen atoms in total. The molecule has 0 radical (unpaired) electrons. The van der Waals surface area contributed by atoms with Crippen LogP contribution in [0.5, 0.6) is 0 Å². The zero-order valence-corrected chi connectivity index (χ0v) is 13.1. The normalized spacial score (nSPS) is 10.9. The fourth-order valence-corrected chi connectivity index (χ4v) is 2.70. The number of benzene rings is 1. The van der Waals surface area contributed by atoms with E-state index >= 15 is 0 Å². The Balaban J connectivity index is 1.75. The first-order chi connectivity index (χ1) is 12.2. The van der Waals surface area contributed by atoms with E-state index < -0.39 is 0 Å². The third kappa shape index (κ3) is 2.89. The molecule has 4 rings (SSSR count). The van der Waals surface area contributed by atoms with Crippen LogP contribution < -0.4 is 5.32 Å². The van der Waals surface area contributed by atoms with E-state index in [1.54, 1.807) is 30.5 Å². The van der Waals surface area contributed by atoms with E-state index in [0.717, 1.165) is 0 Å². The van der Waals surface area contributed by atoms with Crippen molar-refractivity contribution >= 4 is 11.6 Å². The average Bonchev–Trinajstić information content (AvgIpc) is 3.28. The molecule has 0 unspecified atom stereocenters. The number of fused-ring (bicyclic) bond motifs is 1. The van der Waals surface area contributed by atoms with Gasteiger partial charge in [-0.25, -0.2) is 9.37 Å². The third-order valence-corrected chi connectivity index (χ3v) is 3.87. The van der Waals surface area contributed by atoms with Crippen molar-refractivity contribution in [3.8, 4) is 11.3 Å². The van der Waals surface area contributed by atoms with Gasteiger partial charge in [0.25, 0.3) is 5.91 Å². The molecule has 1 N–H and O–H groups in total. The molecule has 0 spiro atoms. The molecule has 0 fully saturated rings. The molecule has 4 aromatic rings. The van der Waals surface area contributed by atoms with Gasteiger partial charge in [-0.3, -0.25) is 9.20 Å². The highest BCUT2D eigenvalue weighted by atomic mass is 19.1. The Bertz CT molecular complexity index is 1020. The van der Waals surface area contributed by atoms with Gasteiger partial charge in [0.1, 0.15) is 17.2 Å². The van der Waals surface area contributed by atoms with Gasteiger partial charge in [-0.1, -0.05) is 6.07 Å². The molecule has 1 amide bonds. The van der Waals surface area contributed by atoms with Crippen molar-refractivity contribution < 1.29 is 13.6 Å². The van der Waals surface area contributed by atoms with E-state index in [2.05, 4.69) is 10.3 Å². The predicted molar refractivity (Wildman–Crippen MR) is 90.5 cm³/mol. The number of carbonyl (C=O) groups is 1. The lowest BCUT2D eigenvalue weighted by Crippen LogP contribution is -2.23. The van der Waals surface area contributed by atoms with Crippen LogP contribution in [0, 0.1) is 5.82 Å². The van der Waals surface area contributed by atoms with Gasteiger partial charge >= 0.3 is 0 Å². The minimum absolute atomic E-state index is 0.266. The highest BCUT2D eigenvalue weighted by Crippen LogP contribution is 2.25. The van der Waals surface area contributed by atoms with Crippen LogP contribution in [0.4, 0.5) is 4.39 Å². The number of halogens is 1. The first-order valence-corrected chi connectivity index (χ1v) is 7.76. The maximum absolute atomic E-state index is 13.3. The van der Waals surface area contributed by atoms with E-state index in [1.165, 1.54) is 12.1 Å². The third-order valence-electron chi connectivity index (χ3n) is 3.87. The fourth-order valence-electron chi connectivity index (χ4n) is 2.70. The molecule has 124 valence electrons. The van der Waals surface area contributed by atoms with E-state index in [-0.39, 0.29) is 24.0 Å². The Morgan fingerprint density at radius 2 is 1.96 bits per heavy atom.